The molecule has 3 nitrogen and oxygen atoms in total. The largest absolute Gasteiger partial charge is 0.379 e. The third-order valence-corrected chi connectivity index (χ3v) is 7.15. The zero-order valence-corrected chi connectivity index (χ0v) is 16.2. The fourth-order valence-corrected chi connectivity index (χ4v) is 5.85. The Morgan fingerprint density at radius 1 is 1.23 bits per heavy atom. The van der Waals surface area contributed by atoms with E-state index in [0.29, 0.717) is 18.0 Å². The molecular weight excluding hydrogens is 338 g/mol. The van der Waals surface area contributed by atoms with Crippen LogP contribution in [-0.4, -0.2) is 31.4 Å². The van der Waals surface area contributed by atoms with Gasteiger partial charge in [-0.05, 0) is 48.7 Å². The van der Waals surface area contributed by atoms with Crippen molar-refractivity contribution in [3.05, 3.63) is 59.2 Å². The Balaban J connectivity index is 1.51. The second-order valence-corrected chi connectivity index (χ2v) is 8.87. The first kappa shape index (κ1) is 16.5. The molecule has 0 aliphatic carbocycles. The molecule has 0 radical (unpaired) electrons. The van der Waals surface area contributed by atoms with Crippen LogP contribution in [0.15, 0.2) is 42.5 Å². The SMILES string of the molecule is CC(Nc1cc2c3c(c1)C1CNCCC1N3CCSC2)c1ccccc1. The summed E-state index contributed by atoms with van der Waals surface area (Å²) in [6.45, 7) is 5.74. The van der Waals surface area contributed by atoms with Crippen LogP contribution >= 0.6 is 11.8 Å². The van der Waals surface area contributed by atoms with Crippen LogP contribution in [0.1, 0.15) is 42.0 Å². The highest BCUT2D eigenvalue weighted by Gasteiger charge is 2.41. The first-order valence-corrected chi connectivity index (χ1v) is 11.0. The fraction of sp³-hybridized carbons (Fsp3) is 0.455. The van der Waals surface area contributed by atoms with Gasteiger partial charge in [0.25, 0.3) is 0 Å². The summed E-state index contributed by atoms with van der Waals surface area (Å²) in [6.07, 6.45) is 1.27. The van der Waals surface area contributed by atoms with Crippen LogP contribution in [-0.2, 0) is 5.75 Å². The summed E-state index contributed by atoms with van der Waals surface area (Å²) in [6, 6.07) is 16.6. The van der Waals surface area contributed by atoms with Gasteiger partial charge in [0, 0.05) is 54.0 Å². The topological polar surface area (TPSA) is 27.3 Å². The van der Waals surface area contributed by atoms with Crippen molar-refractivity contribution in [2.24, 2.45) is 0 Å². The maximum atomic E-state index is 3.77. The Kier molecular flexibility index (Phi) is 4.33. The number of nitrogens with zero attached hydrogens (tertiary/aromatic N) is 1. The molecule has 0 saturated carbocycles. The monoisotopic (exact) mass is 365 g/mol. The number of hydrogen-bond donors (Lipinski definition) is 2. The van der Waals surface area contributed by atoms with E-state index in [1.165, 1.54) is 35.5 Å². The lowest BCUT2D eigenvalue weighted by Crippen LogP contribution is -2.44. The molecule has 3 atom stereocenters. The van der Waals surface area contributed by atoms with E-state index >= 15 is 0 Å². The molecular formula is C22H27N3S. The van der Waals surface area contributed by atoms with E-state index in [1.54, 1.807) is 11.3 Å². The number of thioether (sulfide) groups is 1. The average Bonchev–Trinajstić information content (AvgIpc) is 2.84. The Bertz CT molecular complexity index is 791. The highest BCUT2D eigenvalue weighted by atomic mass is 32.2. The van der Waals surface area contributed by atoms with Crippen LogP contribution < -0.4 is 15.5 Å². The van der Waals surface area contributed by atoms with Crippen LogP contribution in [0.25, 0.3) is 0 Å². The molecule has 4 heteroatoms. The first-order valence-electron chi connectivity index (χ1n) is 9.84. The lowest BCUT2D eigenvalue weighted by atomic mass is 9.89. The average molecular weight is 366 g/mol. The number of hydrogen-bond acceptors (Lipinski definition) is 4. The predicted octanol–water partition coefficient (Wildman–Crippen LogP) is 4.37. The molecule has 3 aliphatic heterocycles. The Labute approximate surface area is 160 Å². The molecule has 3 unspecified atom stereocenters. The lowest BCUT2D eigenvalue weighted by molar-refractivity contribution is 0.406. The summed E-state index contributed by atoms with van der Waals surface area (Å²) in [5.74, 6) is 3.03. The van der Waals surface area contributed by atoms with Crippen molar-refractivity contribution in [2.75, 3.05) is 35.6 Å². The van der Waals surface area contributed by atoms with Crippen LogP contribution in [0.5, 0.6) is 0 Å². The predicted molar refractivity (Wildman–Crippen MR) is 112 cm³/mol. The van der Waals surface area contributed by atoms with Gasteiger partial charge in [-0.1, -0.05) is 30.3 Å². The molecule has 2 aromatic rings. The van der Waals surface area contributed by atoms with Gasteiger partial charge in [-0.25, -0.2) is 0 Å². The zero-order valence-electron chi connectivity index (χ0n) is 15.4. The minimum Gasteiger partial charge on any atom is -0.379 e. The molecule has 5 rings (SSSR count). The Morgan fingerprint density at radius 3 is 3.00 bits per heavy atom. The molecule has 0 amide bonds. The summed E-state index contributed by atoms with van der Waals surface area (Å²) < 4.78 is 0. The van der Waals surface area contributed by atoms with E-state index in [0.717, 1.165) is 18.8 Å². The van der Waals surface area contributed by atoms with Crippen LogP contribution in [0, 0.1) is 0 Å². The van der Waals surface area contributed by atoms with E-state index in [4.69, 9.17) is 0 Å². The van der Waals surface area contributed by atoms with Crippen molar-refractivity contribution in [3.8, 4) is 0 Å². The van der Waals surface area contributed by atoms with Gasteiger partial charge >= 0.3 is 0 Å². The molecule has 3 heterocycles. The van der Waals surface area contributed by atoms with Gasteiger partial charge in [0.2, 0.25) is 0 Å². The summed E-state index contributed by atoms with van der Waals surface area (Å²) in [7, 11) is 0. The standard InChI is InChI=1S/C22H27N3S/c1-15(16-5-3-2-4-6-16)24-18-11-17-14-26-10-9-25-21-7-8-23-13-20(21)19(12-18)22(17)25/h2-6,11-12,15,20-21,23-24H,7-10,13-14H2,1H3. The van der Waals surface area contributed by atoms with Crippen molar-refractivity contribution in [2.45, 2.75) is 37.1 Å². The van der Waals surface area contributed by atoms with Crippen LogP contribution in [0.4, 0.5) is 11.4 Å². The maximum absolute atomic E-state index is 3.77. The van der Waals surface area contributed by atoms with Gasteiger partial charge in [-0.2, -0.15) is 11.8 Å². The second kappa shape index (κ2) is 6.82. The minimum atomic E-state index is 0.317. The van der Waals surface area contributed by atoms with Crippen LogP contribution in [0.2, 0.25) is 0 Å². The third kappa shape index (κ3) is 2.80. The number of nitrogens with one attached hydrogen (secondary N) is 2. The highest BCUT2D eigenvalue weighted by Crippen LogP contribution is 2.48. The second-order valence-electron chi connectivity index (χ2n) is 7.76. The molecule has 136 valence electrons. The van der Waals surface area contributed by atoms with Gasteiger partial charge in [-0.15, -0.1) is 0 Å². The number of fused-ring (bicyclic) bond motifs is 3. The van der Waals surface area contributed by atoms with Crippen molar-refractivity contribution < 1.29 is 0 Å². The van der Waals surface area contributed by atoms with E-state index < -0.39 is 0 Å². The minimum absolute atomic E-state index is 0.317. The normalized spacial score (nSPS) is 25.2. The van der Waals surface area contributed by atoms with Crippen molar-refractivity contribution in [1.82, 2.24) is 5.32 Å². The first-order chi connectivity index (χ1) is 12.8. The van der Waals surface area contributed by atoms with Gasteiger partial charge < -0.3 is 15.5 Å². The smallest absolute Gasteiger partial charge is 0.0485 e. The van der Waals surface area contributed by atoms with E-state index in [2.05, 4.69) is 76.7 Å². The van der Waals surface area contributed by atoms with Gasteiger partial charge in [0.1, 0.15) is 0 Å². The summed E-state index contributed by atoms with van der Waals surface area (Å²) >= 11 is 2.08. The molecule has 3 aliphatic rings. The number of rotatable bonds is 3. The van der Waals surface area contributed by atoms with E-state index in [1.807, 2.05) is 0 Å². The quantitative estimate of drug-likeness (QED) is 0.844. The highest BCUT2D eigenvalue weighted by molar-refractivity contribution is 7.98. The van der Waals surface area contributed by atoms with E-state index in [9.17, 15) is 0 Å². The maximum Gasteiger partial charge on any atom is 0.0485 e. The van der Waals surface area contributed by atoms with Gasteiger partial charge in [0.05, 0.1) is 0 Å². The van der Waals surface area contributed by atoms with Crippen LogP contribution in [0.3, 0.4) is 0 Å². The summed E-state index contributed by atoms with van der Waals surface area (Å²) in [5, 5.41) is 7.40. The van der Waals surface area contributed by atoms with Gasteiger partial charge in [-0.3, -0.25) is 0 Å². The molecule has 1 fully saturated rings. The molecule has 0 aromatic heterocycles. The van der Waals surface area contributed by atoms with E-state index in [-0.39, 0.29) is 0 Å². The summed E-state index contributed by atoms with van der Waals surface area (Å²) in [5.41, 5.74) is 7.29. The van der Waals surface area contributed by atoms with Crippen molar-refractivity contribution in [1.29, 1.82) is 0 Å². The number of anilines is 2. The third-order valence-electron chi connectivity index (χ3n) is 6.17. The van der Waals surface area contributed by atoms with Gasteiger partial charge in [0.15, 0.2) is 0 Å². The zero-order chi connectivity index (χ0) is 17.5. The number of benzene rings is 2. The summed E-state index contributed by atoms with van der Waals surface area (Å²) in [4.78, 5) is 2.74. The van der Waals surface area contributed by atoms with Crippen molar-refractivity contribution >= 4 is 23.1 Å². The lowest BCUT2D eigenvalue weighted by Gasteiger charge is -2.33. The Hall–Kier alpha value is -1.65. The number of piperidine rings is 1. The molecule has 0 bridgehead atoms. The fourth-order valence-electron chi connectivity index (χ4n) is 4.94. The Morgan fingerprint density at radius 2 is 2.12 bits per heavy atom. The molecule has 1 saturated heterocycles. The molecule has 0 spiro atoms. The molecule has 26 heavy (non-hydrogen) atoms. The van der Waals surface area contributed by atoms with Crippen molar-refractivity contribution in [3.63, 3.8) is 0 Å². The molecule has 2 N–H and O–H groups in total. The molecule has 2 aromatic carbocycles.